The van der Waals surface area contributed by atoms with Gasteiger partial charge in [-0.1, -0.05) is 54.6 Å². The molecule has 3 rings (SSSR count). The van der Waals surface area contributed by atoms with Crippen LogP contribution in [0.3, 0.4) is 0 Å². The van der Waals surface area contributed by atoms with E-state index in [9.17, 15) is 9.18 Å². The maximum atomic E-state index is 13.8. The van der Waals surface area contributed by atoms with Crippen LogP contribution in [0.1, 0.15) is 28.9 Å². The van der Waals surface area contributed by atoms with Crippen molar-refractivity contribution in [3.8, 4) is 0 Å². The van der Waals surface area contributed by atoms with E-state index in [0.29, 0.717) is 11.3 Å². The van der Waals surface area contributed by atoms with Crippen molar-refractivity contribution >= 4 is 34.6 Å². The molecule has 0 aliphatic heterocycles. The normalized spacial score (nSPS) is 11.4. The minimum atomic E-state index is -0.408. The topological polar surface area (TPSA) is 53.2 Å². The van der Waals surface area contributed by atoms with Crippen molar-refractivity contribution in [2.75, 3.05) is 10.6 Å². The number of rotatable bonds is 5. The van der Waals surface area contributed by atoms with Gasteiger partial charge in [-0.3, -0.25) is 4.79 Å². The average molecular weight is 393 g/mol. The summed E-state index contributed by atoms with van der Waals surface area (Å²) in [5.41, 5.74) is 2.26. The Hall–Kier alpha value is -3.25. The fourth-order valence-electron chi connectivity index (χ4n) is 2.73. The number of carbonyl (C=O) groups excluding carboxylic acids is 1. The molecular weight excluding hydrogens is 373 g/mol. The van der Waals surface area contributed by atoms with Crippen LogP contribution in [0.2, 0.25) is 0 Å². The molecule has 142 valence electrons. The molecule has 0 saturated heterocycles. The molecule has 28 heavy (non-hydrogen) atoms. The first kappa shape index (κ1) is 19.5. The molecule has 4 nitrogen and oxygen atoms in total. The molecule has 1 atom stereocenters. The van der Waals surface area contributed by atoms with E-state index in [4.69, 9.17) is 12.2 Å². The number of halogens is 1. The molecule has 0 fully saturated rings. The molecule has 0 bridgehead atoms. The van der Waals surface area contributed by atoms with Crippen LogP contribution in [-0.4, -0.2) is 11.0 Å². The number of para-hydroxylation sites is 2. The maximum absolute atomic E-state index is 13.8. The smallest absolute Gasteiger partial charge is 0.253 e. The van der Waals surface area contributed by atoms with Gasteiger partial charge < -0.3 is 16.0 Å². The van der Waals surface area contributed by atoms with Crippen LogP contribution >= 0.6 is 12.2 Å². The quantitative estimate of drug-likeness (QED) is 0.526. The Kier molecular flexibility index (Phi) is 6.34. The Balaban J connectivity index is 1.71. The van der Waals surface area contributed by atoms with Gasteiger partial charge in [-0.2, -0.15) is 0 Å². The van der Waals surface area contributed by atoms with Crippen molar-refractivity contribution in [2.24, 2.45) is 0 Å². The van der Waals surface area contributed by atoms with Crippen molar-refractivity contribution in [1.82, 2.24) is 5.32 Å². The summed E-state index contributed by atoms with van der Waals surface area (Å²) in [4.78, 5) is 12.8. The Labute approximate surface area is 168 Å². The fraction of sp³-hybridized carbons (Fsp3) is 0.0909. The molecule has 0 aliphatic carbocycles. The van der Waals surface area contributed by atoms with Crippen LogP contribution in [0.4, 0.5) is 15.8 Å². The maximum Gasteiger partial charge on any atom is 0.253 e. The van der Waals surface area contributed by atoms with Crippen LogP contribution in [0.15, 0.2) is 78.9 Å². The average Bonchev–Trinajstić information content (AvgIpc) is 2.70. The lowest BCUT2D eigenvalue weighted by molar-refractivity contribution is 0.0941. The van der Waals surface area contributed by atoms with Gasteiger partial charge in [-0.05, 0) is 49.0 Å². The van der Waals surface area contributed by atoms with Crippen LogP contribution in [-0.2, 0) is 0 Å². The largest absolute Gasteiger partial charge is 0.345 e. The van der Waals surface area contributed by atoms with Crippen molar-refractivity contribution in [2.45, 2.75) is 13.0 Å². The van der Waals surface area contributed by atoms with E-state index in [2.05, 4.69) is 16.0 Å². The lowest BCUT2D eigenvalue weighted by Crippen LogP contribution is -2.28. The number of thiocarbonyl (C=S) groups is 1. The Morgan fingerprint density at radius 3 is 2.14 bits per heavy atom. The number of carbonyl (C=O) groups is 1. The predicted octanol–water partition coefficient (Wildman–Crippen LogP) is 5.13. The van der Waals surface area contributed by atoms with Crippen LogP contribution in [0.5, 0.6) is 0 Å². The molecule has 1 unspecified atom stereocenters. The third-order valence-electron chi connectivity index (χ3n) is 4.19. The number of hydrogen-bond donors (Lipinski definition) is 3. The zero-order chi connectivity index (χ0) is 19.9. The van der Waals surface area contributed by atoms with Crippen LogP contribution in [0, 0.1) is 5.82 Å². The number of benzene rings is 3. The molecule has 0 saturated carbocycles. The minimum Gasteiger partial charge on any atom is -0.345 e. The van der Waals surface area contributed by atoms with E-state index < -0.39 is 5.82 Å². The number of anilines is 2. The third kappa shape index (κ3) is 4.92. The lowest BCUT2D eigenvalue weighted by Gasteiger charge is -2.17. The summed E-state index contributed by atoms with van der Waals surface area (Å²) >= 11 is 5.27. The van der Waals surface area contributed by atoms with E-state index in [1.54, 1.807) is 42.5 Å². The molecular formula is C22H20FN3OS. The Morgan fingerprint density at radius 1 is 0.857 bits per heavy atom. The van der Waals surface area contributed by atoms with E-state index in [0.717, 1.165) is 5.56 Å². The van der Waals surface area contributed by atoms with Crippen LogP contribution < -0.4 is 16.0 Å². The minimum absolute atomic E-state index is 0.148. The van der Waals surface area contributed by atoms with Gasteiger partial charge in [0.05, 0.1) is 23.0 Å². The van der Waals surface area contributed by atoms with Crippen LogP contribution in [0.25, 0.3) is 0 Å². The summed E-state index contributed by atoms with van der Waals surface area (Å²) in [6.45, 7) is 1.92. The van der Waals surface area contributed by atoms with Crippen molar-refractivity contribution in [3.63, 3.8) is 0 Å². The molecule has 0 heterocycles. The summed E-state index contributed by atoms with van der Waals surface area (Å²) in [6, 6.07) is 22.8. The van der Waals surface area contributed by atoms with Gasteiger partial charge in [0.2, 0.25) is 0 Å². The van der Waals surface area contributed by atoms with Crippen molar-refractivity contribution in [3.05, 3.63) is 95.8 Å². The molecule has 0 radical (unpaired) electrons. The highest BCUT2D eigenvalue weighted by molar-refractivity contribution is 7.80. The standard InChI is InChI=1S/C22H20FN3OS/c1-15(16-9-3-2-4-10-16)24-21(27)17-11-5-7-13-19(17)25-22(28)26-20-14-8-6-12-18(20)23/h2-15H,1H3,(H,24,27)(H2,25,26,28). The lowest BCUT2D eigenvalue weighted by atomic mass is 10.1. The number of hydrogen-bond acceptors (Lipinski definition) is 2. The van der Waals surface area contributed by atoms with E-state index in [-0.39, 0.29) is 22.7 Å². The summed E-state index contributed by atoms with van der Waals surface area (Å²) in [6.07, 6.45) is 0. The zero-order valence-corrected chi connectivity index (χ0v) is 16.1. The molecule has 0 spiro atoms. The van der Waals surface area contributed by atoms with Gasteiger partial charge in [0.1, 0.15) is 5.82 Å². The molecule has 3 N–H and O–H groups in total. The van der Waals surface area contributed by atoms with E-state index in [1.165, 1.54) is 6.07 Å². The van der Waals surface area contributed by atoms with E-state index >= 15 is 0 Å². The second-order valence-corrected chi connectivity index (χ2v) is 6.62. The summed E-state index contributed by atoms with van der Waals surface area (Å²) in [5.74, 6) is -0.637. The highest BCUT2D eigenvalue weighted by Crippen LogP contribution is 2.19. The predicted molar refractivity (Wildman–Crippen MR) is 115 cm³/mol. The van der Waals surface area contributed by atoms with Gasteiger partial charge in [-0.15, -0.1) is 0 Å². The van der Waals surface area contributed by atoms with Gasteiger partial charge in [0.15, 0.2) is 5.11 Å². The SMILES string of the molecule is CC(NC(=O)c1ccccc1NC(=S)Nc1ccccc1F)c1ccccc1. The second kappa shape index (κ2) is 9.10. The highest BCUT2D eigenvalue weighted by atomic mass is 32.1. The van der Waals surface area contributed by atoms with Crippen molar-refractivity contribution < 1.29 is 9.18 Å². The summed E-state index contributed by atoms with van der Waals surface area (Å²) in [5, 5.41) is 8.96. The summed E-state index contributed by atoms with van der Waals surface area (Å²) in [7, 11) is 0. The number of amides is 1. The van der Waals surface area contributed by atoms with Crippen molar-refractivity contribution in [1.29, 1.82) is 0 Å². The molecule has 3 aromatic rings. The first-order valence-corrected chi connectivity index (χ1v) is 9.23. The molecule has 6 heteroatoms. The first-order valence-electron chi connectivity index (χ1n) is 8.82. The first-order chi connectivity index (χ1) is 13.5. The van der Waals surface area contributed by atoms with E-state index in [1.807, 2.05) is 37.3 Å². The summed E-state index contributed by atoms with van der Waals surface area (Å²) < 4.78 is 13.8. The Bertz CT molecular complexity index is 978. The third-order valence-corrected chi connectivity index (χ3v) is 4.39. The highest BCUT2D eigenvalue weighted by Gasteiger charge is 2.15. The van der Waals surface area contributed by atoms with Gasteiger partial charge in [-0.25, -0.2) is 4.39 Å². The molecule has 3 aromatic carbocycles. The monoisotopic (exact) mass is 393 g/mol. The molecule has 0 aliphatic rings. The van der Waals surface area contributed by atoms with Gasteiger partial charge >= 0.3 is 0 Å². The second-order valence-electron chi connectivity index (χ2n) is 6.21. The fourth-order valence-corrected chi connectivity index (χ4v) is 2.95. The zero-order valence-electron chi connectivity index (χ0n) is 15.3. The Morgan fingerprint density at radius 2 is 1.43 bits per heavy atom. The molecule has 0 aromatic heterocycles. The van der Waals surface area contributed by atoms with Gasteiger partial charge in [0, 0.05) is 0 Å². The number of nitrogens with one attached hydrogen (secondary N) is 3. The molecule has 1 amide bonds. The van der Waals surface area contributed by atoms with Gasteiger partial charge in [0.25, 0.3) is 5.91 Å².